The summed E-state index contributed by atoms with van der Waals surface area (Å²) in [5, 5.41) is 0. The zero-order chi connectivity index (χ0) is 15.2. The van der Waals surface area contributed by atoms with Crippen LogP contribution in [0.3, 0.4) is 0 Å². The number of nitrogens with two attached hydrogens (primary N) is 1. The van der Waals surface area contributed by atoms with Crippen molar-refractivity contribution in [2.75, 3.05) is 24.6 Å². The van der Waals surface area contributed by atoms with Gasteiger partial charge in [-0.2, -0.15) is 0 Å². The van der Waals surface area contributed by atoms with E-state index in [1.54, 1.807) is 24.3 Å². The number of nitrogen functional groups attached to an aromatic ring is 1. The lowest BCUT2D eigenvalue weighted by Crippen LogP contribution is -2.33. The van der Waals surface area contributed by atoms with Gasteiger partial charge in [0.15, 0.2) is 0 Å². The molecule has 0 aromatic heterocycles. The van der Waals surface area contributed by atoms with Crippen LogP contribution in [0.4, 0.5) is 5.69 Å². The van der Waals surface area contributed by atoms with Gasteiger partial charge in [0.05, 0.1) is 5.75 Å². The summed E-state index contributed by atoms with van der Waals surface area (Å²) in [6.45, 7) is 6.75. The molecule has 0 aliphatic heterocycles. The lowest BCUT2D eigenvalue weighted by atomic mass is 9.99. The van der Waals surface area contributed by atoms with Gasteiger partial charge in [-0.3, -0.25) is 0 Å². The summed E-state index contributed by atoms with van der Waals surface area (Å²) in [6.07, 6.45) is 0. The van der Waals surface area contributed by atoms with E-state index in [0.717, 1.165) is 0 Å². The van der Waals surface area contributed by atoms with Crippen molar-refractivity contribution in [3.8, 4) is 5.75 Å². The monoisotopic (exact) mass is 300 g/mol. The van der Waals surface area contributed by atoms with E-state index < -0.39 is 10.0 Å². The molecule has 1 rings (SSSR count). The third-order valence-corrected chi connectivity index (χ3v) is 4.57. The molecule has 1 aromatic rings. The highest BCUT2D eigenvalue weighted by Crippen LogP contribution is 2.13. The Labute approximate surface area is 121 Å². The van der Waals surface area contributed by atoms with Gasteiger partial charge in [-0.1, -0.05) is 20.8 Å². The predicted molar refractivity (Wildman–Crippen MR) is 82.1 cm³/mol. The van der Waals surface area contributed by atoms with Crippen molar-refractivity contribution >= 4 is 15.7 Å². The van der Waals surface area contributed by atoms with Crippen molar-refractivity contribution in [2.24, 2.45) is 11.8 Å². The number of ether oxygens (including phenoxy) is 1. The average Bonchev–Trinajstić information content (AvgIpc) is 2.38. The average molecular weight is 300 g/mol. The fourth-order valence-corrected chi connectivity index (χ4v) is 2.36. The van der Waals surface area contributed by atoms with Crippen LogP contribution in [-0.4, -0.2) is 27.3 Å². The van der Waals surface area contributed by atoms with Gasteiger partial charge in [-0.25, -0.2) is 13.1 Å². The maximum absolute atomic E-state index is 11.8. The molecular weight excluding hydrogens is 276 g/mol. The first-order valence-corrected chi connectivity index (χ1v) is 8.41. The van der Waals surface area contributed by atoms with E-state index in [4.69, 9.17) is 10.5 Å². The normalized spacial score (nSPS) is 13.4. The fourth-order valence-electron chi connectivity index (χ4n) is 1.40. The van der Waals surface area contributed by atoms with E-state index in [9.17, 15) is 8.42 Å². The Balaban J connectivity index is 2.34. The van der Waals surface area contributed by atoms with Crippen LogP contribution in [-0.2, 0) is 10.0 Å². The van der Waals surface area contributed by atoms with Crippen LogP contribution >= 0.6 is 0 Å². The highest BCUT2D eigenvalue weighted by Gasteiger charge is 2.14. The Kier molecular flexibility index (Phi) is 6.29. The molecule has 0 saturated heterocycles. The van der Waals surface area contributed by atoms with Crippen LogP contribution in [0.25, 0.3) is 0 Å². The Morgan fingerprint density at radius 3 is 2.35 bits per heavy atom. The molecular formula is C14H24N2O3S. The van der Waals surface area contributed by atoms with Crippen molar-refractivity contribution in [3.05, 3.63) is 24.3 Å². The molecule has 3 N–H and O–H groups in total. The van der Waals surface area contributed by atoms with Crippen LogP contribution in [0, 0.1) is 11.8 Å². The number of benzene rings is 1. The number of rotatable bonds is 8. The summed E-state index contributed by atoms with van der Waals surface area (Å²) >= 11 is 0. The Hall–Kier alpha value is -1.27. The zero-order valence-corrected chi connectivity index (χ0v) is 13.1. The minimum atomic E-state index is -3.29. The van der Waals surface area contributed by atoms with E-state index in [1.807, 2.05) is 6.92 Å². The number of hydrogen-bond acceptors (Lipinski definition) is 4. The van der Waals surface area contributed by atoms with Gasteiger partial charge in [0, 0.05) is 12.2 Å². The van der Waals surface area contributed by atoms with Crippen molar-refractivity contribution in [2.45, 2.75) is 20.8 Å². The van der Waals surface area contributed by atoms with Crippen LogP contribution < -0.4 is 15.2 Å². The SMILES string of the molecule is CC(C)C(C)CNS(=O)(=O)CCOc1ccc(N)cc1. The number of sulfonamides is 1. The molecule has 1 atom stereocenters. The van der Waals surface area contributed by atoms with E-state index in [-0.39, 0.29) is 12.4 Å². The van der Waals surface area contributed by atoms with Crippen LogP contribution in [0.1, 0.15) is 20.8 Å². The lowest BCUT2D eigenvalue weighted by Gasteiger charge is -2.16. The first-order chi connectivity index (χ1) is 9.30. The summed E-state index contributed by atoms with van der Waals surface area (Å²) in [4.78, 5) is 0. The molecule has 0 fully saturated rings. The highest BCUT2D eigenvalue weighted by atomic mass is 32.2. The second kappa shape index (κ2) is 7.50. The van der Waals surface area contributed by atoms with Crippen LogP contribution in [0.5, 0.6) is 5.75 Å². The minimum absolute atomic E-state index is 0.0534. The molecule has 0 aliphatic rings. The summed E-state index contributed by atoms with van der Waals surface area (Å²) in [5.41, 5.74) is 6.20. The number of hydrogen-bond donors (Lipinski definition) is 2. The molecule has 5 nitrogen and oxygen atoms in total. The Morgan fingerprint density at radius 1 is 1.20 bits per heavy atom. The second-order valence-corrected chi connectivity index (χ2v) is 7.23. The van der Waals surface area contributed by atoms with E-state index >= 15 is 0 Å². The first-order valence-electron chi connectivity index (χ1n) is 6.76. The first kappa shape index (κ1) is 16.8. The minimum Gasteiger partial charge on any atom is -0.492 e. The third-order valence-electron chi connectivity index (χ3n) is 3.26. The summed E-state index contributed by atoms with van der Waals surface area (Å²) in [5.74, 6) is 1.32. The summed E-state index contributed by atoms with van der Waals surface area (Å²) < 4.78 is 31.6. The highest BCUT2D eigenvalue weighted by molar-refractivity contribution is 7.89. The van der Waals surface area contributed by atoms with Gasteiger partial charge >= 0.3 is 0 Å². The number of anilines is 1. The second-order valence-electron chi connectivity index (χ2n) is 5.31. The zero-order valence-electron chi connectivity index (χ0n) is 12.3. The molecule has 0 amide bonds. The fraction of sp³-hybridized carbons (Fsp3) is 0.571. The Bertz CT molecular complexity index is 498. The maximum atomic E-state index is 11.8. The van der Waals surface area contributed by atoms with Gasteiger partial charge in [0.2, 0.25) is 10.0 Å². The topological polar surface area (TPSA) is 81.4 Å². The maximum Gasteiger partial charge on any atom is 0.214 e. The molecule has 0 heterocycles. The smallest absolute Gasteiger partial charge is 0.214 e. The molecule has 0 bridgehead atoms. The van der Waals surface area contributed by atoms with Gasteiger partial charge in [-0.15, -0.1) is 0 Å². The molecule has 20 heavy (non-hydrogen) atoms. The number of nitrogens with one attached hydrogen (secondary N) is 1. The van der Waals surface area contributed by atoms with E-state index in [0.29, 0.717) is 29.8 Å². The molecule has 6 heteroatoms. The van der Waals surface area contributed by atoms with Gasteiger partial charge in [-0.05, 0) is 36.1 Å². The van der Waals surface area contributed by atoms with Crippen molar-refractivity contribution in [1.82, 2.24) is 4.72 Å². The van der Waals surface area contributed by atoms with Gasteiger partial charge in [0.1, 0.15) is 12.4 Å². The van der Waals surface area contributed by atoms with Gasteiger partial charge in [0.25, 0.3) is 0 Å². The largest absolute Gasteiger partial charge is 0.492 e. The van der Waals surface area contributed by atoms with Crippen LogP contribution in [0.2, 0.25) is 0 Å². The Morgan fingerprint density at radius 2 is 1.80 bits per heavy atom. The summed E-state index contributed by atoms with van der Waals surface area (Å²) in [6, 6.07) is 6.87. The van der Waals surface area contributed by atoms with Gasteiger partial charge < -0.3 is 10.5 Å². The predicted octanol–water partition coefficient (Wildman–Crippen LogP) is 1.86. The molecule has 114 valence electrons. The molecule has 1 unspecified atom stereocenters. The molecule has 1 aromatic carbocycles. The third kappa shape index (κ3) is 6.25. The van der Waals surface area contributed by atoms with E-state index in [1.165, 1.54) is 0 Å². The molecule has 0 saturated carbocycles. The molecule has 0 radical (unpaired) electrons. The molecule has 0 aliphatic carbocycles. The molecule has 0 spiro atoms. The summed E-state index contributed by atoms with van der Waals surface area (Å²) in [7, 11) is -3.29. The standard InChI is InChI=1S/C14H24N2O3S/c1-11(2)12(3)10-16-20(17,18)9-8-19-14-6-4-13(15)5-7-14/h4-7,11-12,16H,8-10,15H2,1-3H3. The van der Waals surface area contributed by atoms with Crippen molar-refractivity contribution < 1.29 is 13.2 Å². The van der Waals surface area contributed by atoms with Crippen LogP contribution in [0.15, 0.2) is 24.3 Å². The van der Waals surface area contributed by atoms with Crippen molar-refractivity contribution in [3.63, 3.8) is 0 Å². The quantitative estimate of drug-likeness (QED) is 0.718. The van der Waals surface area contributed by atoms with E-state index in [2.05, 4.69) is 18.6 Å². The lowest BCUT2D eigenvalue weighted by molar-refractivity contribution is 0.339. The van der Waals surface area contributed by atoms with Crippen molar-refractivity contribution in [1.29, 1.82) is 0 Å².